The number of carbonyl (C=O) groups excluding carboxylic acids is 2. The maximum absolute atomic E-state index is 12.0. The first-order chi connectivity index (χ1) is 7.45. The predicted octanol–water partition coefficient (Wildman–Crippen LogP) is 0.392. The first-order valence-corrected chi connectivity index (χ1v) is 5.19. The molecule has 4 heteroatoms. The summed E-state index contributed by atoms with van der Waals surface area (Å²) in [6, 6.07) is 0. The number of rotatable bonds is 3. The van der Waals surface area contributed by atoms with Crippen LogP contribution in [0.15, 0.2) is 22.3 Å². The number of carbonyl (C=O) groups is 2. The molecule has 1 aliphatic carbocycles. The Labute approximate surface area is 94.3 Å². The Morgan fingerprint density at radius 1 is 1.00 bits per heavy atom. The zero-order valence-corrected chi connectivity index (χ0v) is 9.70. The molecule has 0 fully saturated rings. The summed E-state index contributed by atoms with van der Waals surface area (Å²) in [5, 5.41) is 18.2. The predicted molar refractivity (Wildman–Crippen MR) is 58.7 cm³/mol. The van der Waals surface area contributed by atoms with Crippen molar-refractivity contribution in [2.45, 2.75) is 20.8 Å². The van der Waals surface area contributed by atoms with Crippen LogP contribution in [0, 0.1) is 5.92 Å². The van der Waals surface area contributed by atoms with Crippen LogP contribution in [0.3, 0.4) is 0 Å². The molecule has 16 heavy (non-hydrogen) atoms. The maximum atomic E-state index is 12.0. The van der Waals surface area contributed by atoms with Crippen LogP contribution in [0.1, 0.15) is 20.8 Å². The van der Waals surface area contributed by atoms with E-state index in [1.165, 1.54) is 0 Å². The van der Waals surface area contributed by atoms with E-state index in [0.29, 0.717) is 11.1 Å². The molecular weight excluding hydrogens is 208 g/mol. The summed E-state index contributed by atoms with van der Waals surface area (Å²) in [6.07, 6.45) is 0. The van der Waals surface area contributed by atoms with Gasteiger partial charge in [0.05, 0.1) is 13.2 Å². The molecule has 0 aromatic heterocycles. The summed E-state index contributed by atoms with van der Waals surface area (Å²) in [5.41, 5.74) is 0.865. The minimum atomic E-state index is -0.511. The molecule has 0 spiro atoms. The van der Waals surface area contributed by atoms with Crippen molar-refractivity contribution in [2.24, 2.45) is 5.92 Å². The molecule has 0 unspecified atom stereocenters. The van der Waals surface area contributed by atoms with E-state index < -0.39 is 13.2 Å². The van der Waals surface area contributed by atoms with Crippen molar-refractivity contribution in [2.75, 3.05) is 13.2 Å². The molecule has 88 valence electrons. The molecule has 4 nitrogen and oxygen atoms in total. The van der Waals surface area contributed by atoms with Crippen LogP contribution in [0.2, 0.25) is 0 Å². The summed E-state index contributed by atoms with van der Waals surface area (Å²) in [7, 11) is 0. The molecule has 0 aromatic rings. The Morgan fingerprint density at radius 2 is 1.44 bits per heavy atom. The van der Waals surface area contributed by atoms with Crippen LogP contribution >= 0.6 is 0 Å². The van der Waals surface area contributed by atoms with Gasteiger partial charge in [-0.2, -0.15) is 0 Å². The standard InChI is InChI=1S/C12H16O4/c1-6(2)10-7(3)11(15)8(4-13)9(5-14)12(10)16/h6,13-14H,4-5H2,1-3H3. The molecule has 1 rings (SSSR count). The highest BCUT2D eigenvalue weighted by molar-refractivity contribution is 6.25. The minimum absolute atomic E-state index is 0.0226. The van der Waals surface area contributed by atoms with Gasteiger partial charge in [0, 0.05) is 22.3 Å². The molecule has 0 saturated carbocycles. The highest BCUT2D eigenvalue weighted by Gasteiger charge is 2.32. The molecule has 0 amide bonds. The van der Waals surface area contributed by atoms with Crippen molar-refractivity contribution in [3.05, 3.63) is 22.3 Å². The lowest BCUT2D eigenvalue weighted by molar-refractivity contribution is -0.117. The summed E-state index contributed by atoms with van der Waals surface area (Å²) in [5.74, 6) is -0.730. The third kappa shape index (κ3) is 1.86. The van der Waals surface area contributed by atoms with Gasteiger partial charge >= 0.3 is 0 Å². The van der Waals surface area contributed by atoms with Crippen molar-refractivity contribution in [1.82, 2.24) is 0 Å². The molecule has 0 aliphatic heterocycles. The van der Waals surface area contributed by atoms with Crippen molar-refractivity contribution in [3.8, 4) is 0 Å². The molecule has 0 atom stereocenters. The van der Waals surface area contributed by atoms with E-state index in [4.69, 9.17) is 10.2 Å². The molecule has 0 heterocycles. The van der Waals surface area contributed by atoms with Crippen molar-refractivity contribution in [3.63, 3.8) is 0 Å². The van der Waals surface area contributed by atoms with Crippen molar-refractivity contribution >= 4 is 11.6 Å². The van der Waals surface area contributed by atoms with Gasteiger partial charge in [0.15, 0.2) is 11.6 Å². The Bertz CT molecular complexity index is 399. The van der Waals surface area contributed by atoms with Gasteiger partial charge in [-0.05, 0) is 12.8 Å². The highest BCUT2D eigenvalue weighted by Crippen LogP contribution is 2.28. The number of aliphatic hydroxyl groups is 2. The Balaban J connectivity index is 3.36. The fraction of sp³-hybridized carbons (Fsp3) is 0.500. The molecular formula is C12H16O4. The SMILES string of the molecule is CC1=C(C(C)C)C(=O)C(CO)=C(CO)C1=O. The van der Waals surface area contributed by atoms with Crippen LogP contribution < -0.4 is 0 Å². The normalized spacial score (nSPS) is 17.9. The fourth-order valence-electron chi connectivity index (χ4n) is 1.99. The van der Waals surface area contributed by atoms with E-state index in [2.05, 4.69) is 0 Å². The Morgan fingerprint density at radius 3 is 1.81 bits per heavy atom. The topological polar surface area (TPSA) is 74.6 Å². The quantitative estimate of drug-likeness (QED) is 0.680. The number of aliphatic hydroxyl groups excluding tert-OH is 2. The van der Waals surface area contributed by atoms with E-state index in [1.54, 1.807) is 6.92 Å². The van der Waals surface area contributed by atoms with Crippen LogP contribution in [-0.4, -0.2) is 35.0 Å². The maximum Gasteiger partial charge on any atom is 0.188 e. The molecule has 2 N–H and O–H groups in total. The summed E-state index contributed by atoms with van der Waals surface area (Å²) in [4.78, 5) is 23.8. The lowest BCUT2D eigenvalue weighted by Gasteiger charge is -2.22. The van der Waals surface area contributed by atoms with E-state index in [-0.39, 0.29) is 28.6 Å². The van der Waals surface area contributed by atoms with Gasteiger partial charge in [-0.25, -0.2) is 0 Å². The number of hydrogen-bond donors (Lipinski definition) is 2. The average molecular weight is 224 g/mol. The molecule has 0 radical (unpaired) electrons. The second kappa shape index (κ2) is 4.72. The van der Waals surface area contributed by atoms with Gasteiger partial charge in [0.2, 0.25) is 0 Å². The van der Waals surface area contributed by atoms with Gasteiger partial charge in [-0.3, -0.25) is 9.59 Å². The third-order valence-electron chi connectivity index (χ3n) is 2.80. The van der Waals surface area contributed by atoms with Crippen molar-refractivity contribution in [1.29, 1.82) is 0 Å². The average Bonchev–Trinajstić information content (AvgIpc) is 2.22. The largest absolute Gasteiger partial charge is 0.392 e. The van der Waals surface area contributed by atoms with Gasteiger partial charge in [0.1, 0.15) is 0 Å². The second-order valence-corrected chi connectivity index (χ2v) is 4.12. The Hall–Kier alpha value is -1.26. The first kappa shape index (κ1) is 12.8. The number of hydrogen-bond acceptors (Lipinski definition) is 4. The van der Waals surface area contributed by atoms with Crippen LogP contribution in [0.4, 0.5) is 0 Å². The van der Waals surface area contributed by atoms with Crippen LogP contribution in [0.25, 0.3) is 0 Å². The lowest BCUT2D eigenvalue weighted by atomic mass is 9.80. The van der Waals surface area contributed by atoms with Gasteiger partial charge in [-0.1, -0.05) is 13.8 Å². The monoisotopic (exact) mass is 224 g/mol. The Kier molecular flexibility index (Phi) is 3.78. The smallest absolute Gasteiger partial charge is 0.188 e. The lowest BCUT2D eigenvalue weighted by Crippen LogP contribution is -2.28. The van der Waals surface area contributed by atoms with E-state index in [0.717, 1.165) is 0 Å². The molecule has 0 bridgehead atoms. The first-order valence-electron chi connectivity index (χ1n) is 5.19. The van der Waals surface area contributed by atoms with Gasteiger partial charge in [0.25, 0.3) is 0 Å². The molecule has 1 aliphatic rings. The van der Waals surface area contributed by atoms with E-state index in [9.17, 15) is 9.59 Å². The molecule has 0 aromatic carbocycles. The summed E-state index contributed by atoms with van der Waals surface area (Å²) < 4.78 is 0. The van der Waals surface area contributed by atoms with E-state index in [1.807, 2.05) is 13.8 Å². The number of ketones is 2. The molecule has 0 saturated heterocycles. The fourth-order valence-corrected chi connectivity index (χ4v) is 1.99. The summed E-state index contributed by atoms with van der Waals surface area (Å²) >= 11 is 0. The number of allylic oxidation sites excluding steroid dienone is 2. The zero-order chi connectivity index (χ0) is 12.5. The minimum Gasteiger partial charge on any atom is -0.392 e. The third-order valence-corrected chi connectivity index (χ3v) is 2.80. The highest BCUT2D eigenvalue weighted by atomic mass is 16.3. The van der Waals surface area contributed by atoms with Gasteiger partial charge in [-0.15, -0.1) is 0 Å². The van der Waals surface area contributed by atoms with Crippen LogP contribution in [0.5, 0.6) is 0 Å². The van der Waals surface area contributed by atoms with Crippen LogP contribution in [-0.2, 0) is 9.59 Å². The van der Waals surface area contributed by atoms with E-state index >= 15 is 0 Å². The second-order valence-electron chi connectivity index (χ2n) is 4.12. The zero-order valence-electron chi connectivity index (χ0n) is 9.70. The summed E-state index contributed by atoms with van der Waals surface area (Å²) in [6.45, 7) is 4.21. The number of Topliss-reactive ketones (excluding diaryl/α,β-unsaturated/α-hetero) is 2. The van der Waals surface area contributed by atoms with Crippen molar-refractivity contribution < 1.29 is 19.8 Å². The van der Waals surface area contributed by atoms with Gasteiger partial charge < -0.3 is 10.2 Å².